The summed E-state index contributed by atoms with van der Waals surface area (Å²) in [5, 5.41) is 11.8. The molecule has 134 valence electrons. The summed E-state index contributed by atoms with van der Waals surface area (Å²) in [7, 11) is -3.13. The normalized spacial score (nSPS) is 12.1. The van der Waals surface area contributed by atoms with Crippen molar-refractivity contribution in [3.05, 3.63) is 20.7 Å². The largest absolute Gasteiger partial charge is 0.379 e. The molecule has 0 aliphatic rings. The lowest BCUT2D eigenvalue weighted by Crippen LogP contribution is -2.21. The number of nitrogens with one attached hydrogen (secondary N) is 2. The van der Waals surface area contributed by atoms with Gasteiger partial charge in [-0.25, -0.2) is 4.68 Å². The maximum Gasteiger partial charge on any atom is 0.332 e. The molecular formula is C12H20N5O6P. The summed E-state index contributed by atoms with van der Waals surface area (Å²) in [6.07, 6.45) is 0.132. The monoisotopic (exact) mass is 361 g/mol. The molecular weight excluding hydrogens is 341 g/mol. The van der Waals surface area contributed by atoms with Crippen molar-refractivity contribution in [2.24, 2.45) is 0 Å². The second-order valence-corrected chi connectivity index (χ2v) is 6.89. The number of H-pyrrole nitrogens is 2. The van der Waals surface area contributed by atoms with E-state index in [2.05, 4.69) is 20.5 Å². The van der Waals surface area contributed by atoms with Crippen LogP contribution in [0.15, 0.2) is 9.59 Å². The number of aromatic nitrogens is 5. The summed E-state index contributed by atoms with van der Waals surface area (Å²) in [6.45, 7) is 4.64. The Morgan fingerprint density at radius 1 is 1.08 bits per heavy atom. The first-order valence-corrected chi connectivity index (χ1v) is 9.23. The van der Waals surface area contributed by atoms with Crippen molar-refractivity contribution in [3.63, 3.8) is 0 Å². The summed E-state index contributed by atoms with van der Waals surface area (Å²) in [5.41, 5.74) is -0.967. The van der Waals surface area contributed by atoms with Crippen molar-refractivity contribution in [2.75, 3.05) is 32.6 Å². The molecule has 0 aromatic carbocycles. The van der Waals surface area contributed by atoms with Gasteiger partial charge in [0, 0.05) is 0 Å². The second-order valence-electron chi connectivity index (χ2n) is 4.70. The lowest BCUT2D eigenvalue weighted by molar-refractivity contribution is 0.130. The quantitative estimate of drug-likeness (QED) is 0.448. The van der Waals surface area contributed by atoms with Gasteiger partial charge < -0.3 is 13.8 Å². The van der Waals surface area contributed by atoms with Crippen molar-refractivity contribution in [2.45, 2.75) is 20.4 Å². The Morgan fingerprint density at radius 2 is 1.75 bits per heavy atom. The summed E-state index contributed by atoms with van der Waals surface area (Å²) < 4.78 is 29.2. The summed E-state index contributed by atoms with van der Waals surface area (Å²) in [6, 6.07) is 0. The Balaban J connectivity index is 1.89. The van der Waals surface area contributed by atoms with Gasteiger partial charge in [0.05, 0.1) is 39.1 Å². The van der Waals surface area contributed by atoms with Gasteiger partial charge in [-0.15, -0.1) is 5.10 Å². The molecule has 2 aromatic heterocycles. The van der Waals surface area contributed by atoms with E-state index in [4.69, 9.17) is 13.8 Å². The minimum Gasteiger partial charge on any atom is -0.379 e. The zero-order valence-corrected chi connectivity index (χ0v) is 14.4. The van der Waals surface area contributed by atoms with Gasteiger partial charge in [-0.05, 0) is 13.8 Å². The highest BCUT2D eigenvalue weighted by Gasteiger charge is 2.22. The molecule has 0 radical (unpaired) electrons. The molecule has 0 spiro atoms. The smallest absolute Gasteiger partial charge is 0.332 e. The van der Waals surface area contributed by atoms with Crippen LogP contribution in [-0.4, -0.2) is 57.8 Å². The number of hydrogen-bond donors (Lipinski definition) is 2. The molecule has 0 unspecified atom stereocenters. The molecule has 2 rings (SSSR count). The third-order valence-corrected chi connectivity index (χ3v) is 5.10. The predicted molar refractivity (Wildman–Crippen MR) is 85.3 cm³/mol. The van der Waals surface area contributed by atoms with Crippen LogP contribution in [0.1, 0.15) is 13.8 Å². The van der Waals surface area contributed by atoms with E-state index in [9.17, 15) is 14.2 Å². The van der Waals surface area contributed by atoms with E-state index < -0.39 is 18.7 Å². The molecule has 0 aliphatic heterocycles. The number of fused-ring (bicyclic) bond motifs is 1. The third kappa shape index (κ3) is 4.38. The maximum atomic E-state index is 12.2. The van der Waals surface area contributed by atoms with Crippen LogP contribution in [0.4, 0.5) is 0 Å². The SMILES string of the molecule is CCOP(=O)(CCOCCn1nnc2c(=O)[nH][nH]c(=O)c21)OCC. The van der Waals surface area contributed by atoms with E-state index in [1.54, 1.807) is 13.8 Å². The molecule has 2 aromatic rings. The van der Waals surface area contributed by atoms with Crippen molar-refractivity contribution < 1.29 is 18.3 Å². The standard InChI is InChI=1S/C12H20N5O6P/c1-3-22-24(20,23-4-2)8-7-21-6-5-17-10-9(13-16-17)11(18)14-15-12(10)19/h3-8H2,1-2H3,(H,14,18)(H,15,19). The van der Waals surface area contributed by atoms with Gasteiger partial charge >= 0.3 is 7.60 Å². The number of hydrogen-bond acceptors (Lipinski definition) is 8. The summed E-state index contributed by atoms with van der Waals surface area (Å²) >= 11 is 0. The van der Waals surface area contributed by atoms with Crippen molar-refractivity contribution in [3.8, 4) is 0 Å². The van der Waals surface area contributed by atoms with E-state index in [1.165, 1.54) is 4.68 Å². The van der Waals surface area contributed by atoms with Crippen LogP contribution in [-0.2, 0) is 24.9 Å². The van der Waals surface area contributed by atoms with Crippen molar-refractivity contribution >= 4 is 18.6 Å². The van der Waals surface area contributed by atoms with Crippen LogP contribution in [0.2, 0.25) is 0 Å². The van der Waals surface area contributed by atoms with E-state index in [0.29, 0.717) is 13.2 Å². The van der Waals surface area contributed by atoms with Crippen molar-refractivity contribution in [1.29, 1.82) is 0 Å². The lowest BCUT2D eigenvalue weighted by atomic mass is 10.4. The second kappa shape index (κ2) is 8.34. The fourth-order valence-corrected chi connectivity index (χ4v) is 3.54. The lowest BCUT2D eigenvalue weighted by Gasteiger charge is -2.16. The van der Waals surface area contributed by atoms with Gasteiger partial charge in [0.15, 0.2) is 11.0 Å². The maximum absolute atomic E-state index is 12.2. The van der Waals surface area contributed by atoms with Crippen LogP contribution in [0, 0.1) is 0 Å². The van der Waals surface area contributed by atoms with Gasteiger partial charge in [-0.1, -0.05) is 5.21 Å². The van der Waals surface area contributed by atoms with E-state index in [0.717, 1.165) is 0 Å². The van der Waals surface area contributed by atoms with Crippen LogP contribution < -0.4 is 11.1 Å². The Kier molecular flexibility index (Phi) is 6.44. The summed E-state index contributed by atoms with van der Waals surface area (Å²) in [4.78, 5) is 23.3. The molecule has 0 saturated carbocycles. The molecule has 0 atom stereocenters. The molecule has 12 heteroatoms. The fourth-order valence-electron chi connectivity index (χ4n) is 2.07. The van der Waals surface area contributed by atoms with E-state index in [1.807, 2.05) is 0 Å². The molecule has 11 nitrogen and oxygen atoms in total. The number of rotatable bonds is 10. The molecule has 0 fully saturated rings. The first kappa shape index (κ1) is 18.5. The zero-order valence-electron chi connectivity index (χ0n) is 13.5. The molecule has 2 N–H and O–H groups in total. The third-order valence-electron chi connectivity index (χ3n) is 3.06. The number of ether oxygens (including phenoxy) is 1. The molecule has 0 amide bonds. The highest BCUT2D eigenvalue weighted by atomic mass is 31.2. The predicted octanol–water partition coefficient (Wildman–Crippen LogP) is 0.0906. The molecule has 24 heavy (non-hydrogen) atoms. The molecule has 0 saturated heterocycles. The van der Waals surface area contributed by atoms with Gasteiger partial charge in [0.25, 0.3) is 11.1 Å². The molecule has 0 bridgehead atoms. The average Bonchev–Trinajstić information content (AvgIpc) is 2.96. The number of nitrogens with zero attached hydrogens (tertiary/aromatic N) is 3. The highest BCUT2D eigenvalue weighted by Crippen LogP contribution is 2.47. The Labute approximate surface area is 136 Å². The van der Waals surface area contributed by atoms with E-state index >= 15 is 0 Å². The average molecular weight is 361 g/mol. The van der Waals surface area contributed by atoms with Gasteiger partial charge in [-0.2, -0.15) is 0 Å². The van der Waals surface area contributed by atoms with Crippen LogP contribution in [0.3, 0.4) is 0 Å². The van der Waals surface area contributed by atoms with Gasteiger partial charge in [-0.3, -0.25) is 24.4 Å². The van der Waals surface area contributed by atoms with Crippen LogP contribution >= 0.6 is 7.60 Å². The van der Waals surface area contributed by atoms with Crippen LogP contribution in [0.25, 0.3) is 11.0 Å². The Morgan fingerprint density at radius 3 is 2.42 bits per heavy atom. The van der Waals surface area contributed by atoms with Gasteiger partial charge in [0.2, 0.25) is 0 Å². The first-order chi connectivity index (χ1) is 11.5. The topological polar surface area (TPSA) is 141 Å². The molecule has 0 aliphatic carbocycles. The van der Waals surface area contributed by atoms with Crippen LogP contribution in [0.5, 0.6) is 0 Å². The van der Waals surface area contributed by atoms with Gasteiger partial charge in [0.1, 0.15) is 0 Å². The minimum absolute atomic E-state index is 0.0315. The van der Waals surface area contributed by atoms with Crippen molar-refractivity contribution in [1.82, 2.24) is 25.2 Å². The number of aromatic amines is 2. The van der Waals surface area contributed by atoms with E-state index in [-0.39, 0.29) is 37.0 Å². The zero-order chi connectivity index (χ0) is 17.6. The Bertz CT molecular complexity index is 817. The minimum atomic E-state index is -3.13. The summed E-state index contributed by atoms with van der Waals surface area (Å²) in [5.74, 6) is 0. The Hall–Kier alpha value is -1.81. The highest BCUT2D eigenvalue weighted by molar-refractivity contribution is 7.53. The fraction of sp³-hybridized carbons (Fsp3) is 0.667. The molecule has 2 heterocycles. The first-order valence-electron chi connectivity index (χ1n) is 7.50.